The molecule has 2 aromatic rings. The molecule has 20 heavy (non-hydrogen) atoms. The second-order valence-corrected chi connectivity index (χ2v) is 6.91. The van der Waals surface area contributed by atoms with Crippen molar-refractivity contribution in [2.75, 3.05) is 0 Å². The van der Waals surface area contributed by atoms with Crippen LogP contribution in [0.4, 0.5) is 0 Å². The SMILES string of the molecule is O=S(=O)(OS(=O)(=O)c1ccccc1)c1ccccc1.[H-].[K+]. The topological polar surface area (TPSA) is 77.5 Å². The zero-order chi connectivity index (χ0) is 13.9. The van der Waals surface area contributed by atoms with Crippen molar-refractivity contribution in [2.45, 2.75) is 9.79 Å². The van der Waals surface area contributed by atoms with E-state index in [9.17, 15) is 16.8 Å². The Bertz CT molecular complexity index is 694. The normalized spacial score (nSPS) is 11.6. The largest absolute Gasteiger partial charge is 1.00 e. The van der Waals surface area contributed by atoms with Crippen LogP contribution in [0.2, 0.25) is 0 Å². The molecule has 0 heterocycles. The van der Waals surface area contributed by atoms with Crippen LogP contribution >= 0.6 is 0 Å². The summed E-state index contributed by atoms with van der Waals surface area (Å²) in [6.07, 6.45) is 0. The number of hydrogen-bond acceptors (Lipinski definition) is 5. The number of hydrogen-bond donors (Lipinski definition) is 0. The minimum atomic E-state index is -4.35. The van der Waals surface area contributed by atoms with Gasteiger partial charge in [-0.25, -0.2) is 0 Å². The molecule has 0 bridgehead atoms. The van der Waals surface area contributed by atoms with Crippen molar-refractivity contribution in [3.8, 4) is 0 Å². The van der Waals surface area contributed by atoms with Gasteiger partial charge in [-0.2, -0.15) is 16.8 Å². The van der Waals surface area contributed by atoms with Gasteiger partial charge in [-0.1, -0.05) is 36.4 Å². The predicted molar refractivity (Wildman–Crippen MR) is 69.5 cm³/mol. The third-order valence-electron chi connectivity index (χ3n) is 2.24. The Morgan fingerprint density at radius 2 is 0.950 bits per heavy atom. The fourth-order valence-electron chi connectivity index (χ4n) is 1.37. The first kappa shape index (κ1) is 18.0. The van der Waals surface area contributed by atoms with E-state index < -0.39 is 20.2 Å². The van der Waals surface area contributed by atoms with Crippen LogP contribution in [0.5, 0.6) is 0 Å². The Labute approximate surface area is 162 Å². The molecule has 2 aromatic carbocycles. The molecule has 5 nitrogen and oxygen atoms in total. The van der Waals surface area contributed by atoms with Crippen LogP contribution in [0.3, 0.4) is 0 Å². The van der Waals surface area contributed by atoms with Crippen molar-refractivity contribution in [2.24, 2.45) is 0 Å². The van der Waals surface area contributed by atoms with Crippen LogP contribution < -0.4 is 51.4 Å². The molecule has 0 saturated carbocycles. The standard InChI is InChI=1S/C12H10O5S2.K.H/c13-18(14,11-7-3-1-4-8-11)17-19(15,16)12-9-5-2-6-10-12;;/h1-10H;;/q;+1;-1. The maximum Gasteiger partial charge on any atom is 1.00 e. The summed E-state index contributed by atoms with van der Waals surface area (Å²) in [6.45, 7) is 0. The Kier molecular flexibility index (Phi) is 6.54. The van der Waals surface area contributed by atoms with Gasteiger partial charge in [-0.15, -0.1) is 3.63 Å². The Balaban J connectivity index is 0.00000200. The molecule has 0 atom stereocenters. The van der Waals surface area contributed by atoms with Gasteiger partial charge in [-0.3, -0.25) is 0 Å². The van der Waals surface area contributed by atoms with Crippen molar-refractivity contribution in [3.05, 3.63) is 60.7 Å². The van der Waals surface area contributed by atoms with Crippen LogP contribution in [-0.4, -0.2) is 16.8 Å². The second kappa shape index (κ2) is 7.28. The molecule has 0 spiro atoms. The van der Waals surface area contributed by atoms with Crippen LogP contribution in [0.25, 0.3) is 0 Å². The van der Waals surface area contributed by atoms with E-state index in [2.05, 4.69) is 3.63 Å². The van der Waals surface area contributed by atoms with E-state index >= 15 is 0 Å². The molecule has 2 rings (SSSR count). The molecule has 0 aliphatic rings. The van der Waals surface area contributed by atoms with E-state index in [0.717, 1.165) is 0 Å². The molecule has 102 valence electrons. The van der Waals surface area contributed by atoms with Gasteiger partial charge >= 0.3 is 71.6 Å². The summed E-state index contributed by atoms with van der Waals surface area (Å²) in [4.78, 5) is -0.427. The van der Waals surface area contributed by atoms with Gasteiger partial charge in [0.15, 0.2) is 0 Å². The summed E-state index contributed by atoms with van der Waals surface area (Å²) >= 11 is 0. The van der Waals surface area contributed by atoms with E-state index in [1.807, 2.05) is 0 Å². The molecule has 0 aromatic heterocycles. The molecule has 0 N–H and O–H groups in total. The maximum atomic E-state index is 11.8. The van der Waals surface area contributed by atoms with Gasteiger partial charge in [0.1, 0.15) is 0 Å². The van der Waals surface area contributed by atoms with Crippen molar-refractivity contribution >= 4 is 20.2 Å². The predicted octanol–water partition coefficient (Wildman–Crippen LogP) is -1.10. The van der Waals surface area contributed by atoms with E-state index in [-0.39, 0.29) is 62.6 Å². The van der Waals surface area contributed by atoms with Crippen molar-refractivity contribution < 1.29 is 73.3 Å². The van der Waals surface area contributed by atoms with E-state index in [1.54, 1.807) is 12.1 Å². The summed E-state index contributed by atoms with van der Waals surface area (Å²) in [5, 5.41) is 0. The first-order chi connectivity index (χ1) is 8.92. The molecule has 0 aliphatic heterocycles. The van der Waals surface area contributed by atoms with Gasteiger partial charge in [0.05, 0.1) is 9.79 Å². The molecule has 0 aliphatic carbocycles. The van der Waals surface area contributed by atoms with Crippen molar-refractivity contribution in [1.29, 1.82) is 0 Å². The van der Waals surface area contributed by atoms with Crippen molar-refractivity contribution in [1.82, 2.24) is 0 Å². The molecular formula is C12H11KO5S2. The maximum absolute atomic E-state index is 11.8. The van der Waals surface area contributed by atoms with Gasteiger partial charge in [0.2, 0.25) is 0 Å². The van der Waals surface area contributed by atoms with Crippen LogP contribution in [0, 0.1) is 0 Å². The smallest absolute Gasteiger partial charge is 1.00 e. The number of rotatable bonds is 4. The fourth-order valence-corrected chi connectivity index (χ4v) is 3.92. The zero-order valence-electron chi connectivity index (χ0n) is 11.6. The van der Waals surface area contributed by atoms with Gasteiger partial charge < -0.3 is 1.43 Å². The third kappa shape index (κ3) is 4.47. The van der Waals surface area contributed by atoms with Crippen LogP contribution in [0.1, 0.15) is 1.43 Å². The minimum Gasteiger partial charge on any atom is -1.00 e. The van der Waals surface area contributed by atoms with Crippen LogP contribution in [-0.2, 0) is 23.9 Å². The monoisotopic (exact) mass is 338 g/mol. The van der Waals surface area contributed by atoms with Gasteiger partial charge in [0, 0.05) is 0 Å². The molecule has 0 radical (unpaired) electrons. The molecule has 0 saturated heterocycles. The van der Waals surface area contributed by atoms with Gasteiger partial charge in [-0.05, 0) is 24.3 Å². The summed E-state index contributed by atoms with van der Waals surface area (Å²) in [5.41, 5.74) is 0. The summed E-state index contributed by atoms with van der Waals surface area (Å²) in [5.74, 6) is 0. The average molecular weight is 338 g/mol. The molecule has 0 unspecified atom stereocenters. The molecule has 0 fully saturated rings. The van der Waals surface area contributed by atoms with Gasteiger partial charge in [0.25, 0.3) is 0 Å². The quantitative estimate of drug-likeness (QED) is 0.661. The Hall–Kier alpha value is -0.0636. The van der Waals surface area contributed by atoms with E-state index in [1.165, 1.54) is 48.5 Å². The first-order valence-corrected chi connectivity index (χ1v) is 8.05. The second-order valence-electron chi connectivity index (χ2n) is 3.60. The van der Waals surface area contributed by atoms with E-state index in [0.29, 0.717) is 0 Å². The Morgan fingerprint density at radius 1 is 0.650 bits per heavy atom. The molecular weight excluding hydrogens is 327 g/mol. The first-order valence-electron chi connectivity index (χ1n) is 5.23. The fraction of sp³-hybridized carbons (Fsp3) is 0. The summed E-state index contributed by atoms with van der Waals surface area (Å²) < 4.78 is 51.6. The molecule has 0 amide bonds. The average Bonchev–Trinajstić information content (AvgIpc) is 2.40. The summed E-state index contributed by atoms with van der Waals surface area (Å²) in [6, 6.07) is 14.2. The van der Waals surface area contributed by atoms with Crippen LogP contribution in [0.15, 0.2) is 70.5 Å². The Morgan fingerprint density at radius 3 is 1.25 bits per heavy atom. The zero-order valence-corrected chi connectivity index (χ0v) is 15.4. The van der Waals surface area contributed by atoms with E-state index in [4.69, 9.17) is 0 Å². The van der Waals surface area contributed by atoms with Crippen molar-refractivity contribution in [3.63, 3.8) is 0 Å². The molecule has 8 heteroatoms. The minimum absolute atomic E-state index is 0. The number of benzene rings is 2. The third-order valence-corrected chi connectivity index (χ3v) is 5.38. The summed E-state index contributed by atoms with van der Waals surface area (Å²) in [7, 11) is -8.71.